The van der Waals surface area contributed by atoms with Crippen LogP contribution in [0.15, 0.2) is 30.3 Å². The van der Waals surface area contributed by atoms with E-state index in [9.17, 15) is 5.11 Å². The van der Waals surface area contributed by atoms with Crippen molar-refractivity contribution in [3.63, 3.8) is 0 Å². The Kier molecular flexibility index (Phi) is 12.3. The SMILES string of the molecule is CCC[CH2][Sn]([CH2]CCC)([CH2]CCC)[C@@H]1O[C@H](OC)[C@H](OCc2ccccc2)C[C@H]1O. The molecule has 5 heteroatoms. The Bertz CT molecular complexity index is 546. The summed E-state index contributed by atoms with van der Waals surface area (Å²) >= 11 is -2.73. The Morgan fingerprint density at radius 3 is 2.03 bits per heavy atom. The molecule has 30 heavy (non-hydrogen) atoms. The average Bonchev–Trinajstić information content (AvgIpc) is 2.78. The van der Waals surface area contributed by atoms with Gasteiger partial charge in [-0.3, -0.25) is 0 Å². The number of benzene rings is 1. The maximum absolute atomic E-state index is 11.3. The van der Waals surface area contributed by atoms with Gasteiger partial charge < -0.3 is 0 Å². The second-order valence-electron chi connectivity index (χ2n) is 8.97. The van der Waals surface area contributed by atoms with Gasteiger partial charge in [-0.15, -0.1) is 0 Å². The predicted octanol–water partition coefficient (Wildman–Crippen LogP) is 6.08. The summed E-state index contributed by atoms with van der Waals surface area (Å²) in [5, 5.41) is 11.3. The molecule has 1 aliphatic rings. The molecule has 1 heterocycles. The van der Waals surface area contributed by atoms with Gasteiger partial charge in [0.1, 0.15) is 0 Å². The van der Waals surface area contributed by atoms with E-state index in [0.29, 0.717) is 13.0 Å². The van der Waals surface area contributed by atoms with Crippen LogP contribution in [0.5, 0.6) is 0 Å². The van der Waals surface area contributed by atoms with Gasteiger partial charge in [0.2, 0.25) is 0 Å². The normalized spacial score (nSPS) is 24.8. The minimum atomic E-state index is -2.73. The van der Waals surface area contributed by atoms with E-state index in [-0.39, 0.29) is 16.5 Å². The molecule has 1 saturated heterocycles. The fourth-order valence-corrected chi connectivity index (χ4v) is 22.4. The monoisotopic (exact) mass is 528 g/mol. The van der Waals surface area contributed by atoms with E-state index >= 15 is 0 Å². The van der Waals surface area contributed by atoms with Crippen LogP contribution in [-0.4, -0.2) is 53.2 Å². The quantitative estimate of drug-likeness (QED) is 0.298. The molecule has 1 aromatic carbocycles. The Labute approximate surface area is 188 Å². The van der Waals surface area contributed by atoms with Gasteiger partial charge in [-0.05, 0) is 0 Å². The third-order valence-corrected chi connectivity index (χ3v) is 23.1. The van der Waals surface area contributed by atoms with E-state index in [1.165, 1.54) is 51.8 Å². The summed E-state index contributed by atoms with van der Waals surface area (Å²) in [7, 11) is 1.71. The van der Waals surface area contributed by atoms with Crippen LogP contribution >= 0.6 is 0 Å². The number of hydrogen-bond acceptors (Lipinski definition) is 4. The number of aliphatic hydroxyl groups excluding tert-OH is 1. The summed E-state index contributed by atoms with van der Waals surface area (Å²) in [4.78, 5) is 0. The van der Waals surface area contributed by atoms with Crippen LogP contribution in [0.4, 0.5) is 0 Å². The van der Waals surface area contributed by atoms with Gasteiger partial charge in [-0.1, -0.05) is 0 Å². The summed E-state index contributed by atoms with van der Waals surface area (Å²) in [6.07, 6.45) is 7.02. The molecule has 0 unspecified atom stereocenters. The van der Waals surface area contributed by atoms with Crippen LogP contribution in [0.1, 0.15) is 71.3 Å². The van der Waals surface area contributed by atoms with Crippen molar-refractivity contribution in [2.45, 2.75) is 108 Å². The van der Waals surface area contributed by atoms with Crippen LogP contribution in [0.3, 0.4) is 0 Å². The van der Waals surface area contributed by atoms with E-state index in [4.69, 9.17) is 14.2 Å². The third kappa shape index (κ3) is 7.47. The molecule has 0 bridgehead atoms. The van der Waals surface area contributed by atoms with Gasteiger partial charge in [0.25, 0.3) is 0 Å². The molecule has 1 fully saturated rings. The Morgan fingerprint density at radius 1 is 0.967 bits per heavy atom. The van der Waals surface area contributed by atoms with Gasteiger partial charge in [0.05, 0.1) is 0 Å². The molecule has 4 atom stereocenters. The van der Waals surface area contributed by atoms with E-state index in [2.05, 4.69) is 32.9 Å². The van der Waals surface area contributed by atoms with Crippen molar-refractivity contribution in [2.75, 3.05) is 7.11 Å². The number of ether oxygens (including phenoxy) is 3. The zero-order valence-corrected chi connectivity index (χ0v) is 22.5. The third-order valence-electron chi connectivity index (χ3n) is 6.63. The van der Waals surface area contributed by atoms with E-state index < -0.39 is 24.5 Å². The van der Waals surface area contributed by atoms with E-state index in [1.54, 1.807) is 7.11 Å². The van der Waals surface area contributed by atoms with Crippen molar-refractivity contribution >= 4 is 18.4 Å². The fourth-order valence-electron chi connectivity index (χ4n) is 4.87. The average molecular weight is 527 g/mol. The van der Waals surface area contributed by atoms with Crippen molar-refractivity contribution in [3.8, 4) is 0 Å². The van der Waals surface area contributed by atoms with Crippen LogP contribution in [-0.2, 0) is 20.8 Å². The number of aliphatic hydroxyl groups is 1. The van der Waals surface area contributed by atoms with Gasteiger partial charge in [-0.25, -0.2) is 0 Å². The van der Waals surface area contributed by atoms with Gasteiger partial charge in [0, 0.05) is 0 Å². The standard InChI is InChI=1S/C13H17O4.3C4H9.Sn/c1-15-13-12(7-11(14)9-17-13)16-8-10-5-3-2-4-6-10;3*1-3-4-2;/h2-6,9,11-14H,7-8H2,1H3;3*1,3-4H2,2H3;/t11-,12-,13+;;;;/m1..../s1. The zero-order valence-electron chi connectivity index (χ0n) is 19.6. The Balaban J connectivity index is 2.14. The second kappa shape index (κ2) is 14.1. The topological polar surface area (TPSA) is 47.9 Å². The minimum absolute atomic E-state index is 0.0190. The molecule has 1 aromatic rings. The van der Waals surface area contributed by atoms with Crippen molar-refractivity contribution in [2.24, 2.45) is 0 Å². The summed E-state index contributed by atoms with van der Waals surface area (Å²) in [6.45, 7) is 7.35. The fraction of sp³-hybridized carbons (Fsp3) is 0.760. The summed E-state index contributed by atoms with van der Waals surface area (Å²) in [5.41, 5.74) is 1.13. The number of rotatable bonds is 14. The van der Waals surface area contributed by atoms with Crippen LogP contribution in [0, 0.1) is 0 Å². The summed E-state index contributed by atoms with van der Waals surface area (Å²) in [6, 6.07) is 10.2. The number of hydrogen-bond donors (Lipinski definition) is 1. The molecular formula is C25H44O4Sn. The molecule has 4 nitrogen and oxygen atoms in total. The zero-order chi connectivity index (χ0) is 21.8. The van der Waals surface area contributed by atoms with Crippen molar-refractivity contribution in [1.29, 1.82) is 0 Å². The molecule has 0 aromatic heterocycles. The van der Waals surface area contributed by atoms with Gasteiger partial charge in [0.15, 0.2) is 0 Å². The maximum atomic E-state index is 11.3. The van der Waals surface area contributed by atoms with Crippen molar-refractivity contribution in [1.82, 2.24) is 0 Å². The first-order chi connectivity index (χ1) is 14.6. The molecule has 1 N–H and O–H groups in total. The summed E-state index contributed by atoms with van der Waals surface area (Å²) < 4.78 is 22.5. The van der Waals surface area contributed by atoms with E-state index in [0.717, 1.165) is 5.56 Å². The van der Waals surface area contributed by atoms with Crippen molar-refractivity contribution in [3.05, 3.63) is 35.9 Å². The molecule has 0 amide bonds. The predicted molar refractivity (Wildman–Crippen MR) is 126 cm³/mol. The van der Waals surface area contributed by atoms with Crippen molar-refractivity contribution < 1.29 is 19.3 Å². The molecule has 0 radical (unpaired) electrons. The first-order valence-electron chi connectivity index (χ1n) is 12.1. The Morgan fingerprint density at radius 2 is 1.53 bits per heavy atom. The number of methoxy groups -OCH3 is 1. The van der Waals surface area contributed by atoms with Crippen LogP contribution in [0.2, 0.25) is 13.3 Å². The van der Waals surface area contributed by atoms with Crippen LogP contribution < -0.4 is 0 Å². The van der Waals surface area contributed by atoms with E-state index in [1.807, 2.05) is 18.2 Å². The Hall–Kier alpha value is -0.141. The molecule has 0 aliphatic carbocycles. The molecule has 2 rings (SSSR count). The van der Waals surface area contributed by atoms with Crippen LogP contribution in [0.25, 0.3) is 0 Å². The van der Waals surface area contributed by atoms with Gasteiger partial charge in [-0.2, -0.15) is 0 Å². The van der Waals surface area contributed by atoms with Gasteiger partial charge >= 0.3 is 189 Å². The molecule has 1 aliphatic heterocycles. The first kappa shape index (κ1) is 26.1. The molecule has 0 saturated carbocycles. The summed E-state index contributed by atoms with van der Waals surface area (Å²) in [5.74, 6) is 0. The molecule has 0 spiro atoms. The second-order valence-corrected chi connectivity index (χ2v) is 22.7. The molecular weight excluding hydrogens is 483 g/mol. The molecule has 172 valence electrons. The number of unbranched alkanes of at least 4 members (excludes halogenated alkanes) is 3. The first-order valence-corrected chi connectivity index (χ1v) is 19.8.